The monoisotopic (exact) mass is 366 g/mol. The molecule has 134 valence electrons. The highest BCUT2D eigenvalue weighted by atomic mass is 32.2. The number of nitrogens with one attached hydrogen (secondary N) is 1. The van der Waals surface area contributed by atoms with Crippen molar-refractivity contribution in [2.75, 3.05) is 11.1 Å². The topological polar surface area (TPSA) is 59.8 Å². The minimum atomic E-state index is -0.0587. The van der Waals surface area contributed by atoms with E-state index in [1.165, 1.54) is 28.5 Å². The van der Waals surface area contributed by atoms with Crippen molar-refractivity contribution in [2.24, 2.45) is 0 Å². The molecule has 0 unspecified atom stereocenters. The summed E-state index contributed by atoms with van der Waals surface area (Å²) in [6.07, 6.45) is 1.68. The first-order valence-electron chi connectivity index (χ1n) is 8.41. The van der Waals surface area contributed by atoms with Crippen molar-refractivity contribution in [2.45, 2.75) is 32.9 Å². The molecule has 1 amide bonds. The average molecular weight is 366 g/mol. The quantitative estimate of drug-likeness (QED) is 0.687. The number of anilines is 1. The molecule has 0 spiro atoms. The minimum absolute atomic E-state index is 0.0587. The number of benzene rings is 2. The molecule has 0 saturated heterocycles. The van der Waals surface area contributed by atoms with Crippen LogP contribution in [0.3, 0.4) is 0 Å². The number of hydrogen-bond donors (Lipinski definition) is 1. The molecule has 0 atom stereocenters. The molecule has 26 heavy (non-hydrogen) atoms. The van der Waals surface area contributed by atoms with Crippen LogP contribution in [0.25, 0.3) is 5.69 Å². The van der Waals surface area contributed by atoms with Crippen LogP contribution in [0.2, 0.25) is 0 Å². The highest BCUT2D eigenvalue weighted by molar-refractivity contribution is 7.99. The second-order valence-electron chi connectivity index (χ2n) is 6.41. The number of carbonyl (C=O) groups excluding carboxylic acids is 1. The Kier molecular flexibility index (Phi) is 5.42. The van der Waals surface area contributed by atoms with E-state index in [1.807, 2.05) is 36.6 Å². The van der Waals surface area contributed by atoms with Crippen molar-refractivity contribution >= 4 is 23.4 Å². The predicted molar refractivity (Wildman–Crippen MR) is 106 cm³/mol. The number of rotatable bonds is 5. The molecule has 0 aliphatic rings. The van der Waals surface area contributed by atoms with Gasteiger partial charge in [-0.1, -0.05) is 35.5 Å². The normalized spacial score (nSPS) is 10.8. The number of thioether (sulfide) groups is 1. The van der Waals surface area contributed by atoms with Gasteiger partial charge in [0, 0.05) is 11.4 Å². The van der Waals surface area contributed by atoms with Crippen LogP contribution >= 0.6 is 11.8 Å². The lowest BCUT2D eigenvalue weighted by Gasteiger charge is -2.10. The molecule has 0 bridgehead atoms. The molecule has 0 aliphatic carbocycles. The van der Waals surface area contributed by atoms with E-state index in [2.05, 4.69) is 47.6 Å². The Morgan fingerprint density at radius 1 is 1.04 bits per heavy atom. The Labute approximate surface area is 157 Å². The molecule has 0 fully saturated rings. The second kappa shape index (κ2) is 7.74. The standard InChI is InChI=1S/C20H22N4OS/c1-13-5-8-18(16(4)9-13)22-19(25)11-26-20-23-21-12-24(20)17-7-6-14(2)15(3)10-17/h5-10,12H,11H2,1-4H3,(H,22,25). The van der Waals surface area contributed by atoms with E-state index in [1.54, 1.807) is 6.33 Å². The second-order valence-corrected chi connectivity index (χ2v) is 7.35. The zero-order chi connectivity index (χ0) is 18.7. The fourth-order valence-electron chi connectivity index (χ4n) is 2.65. The summed E-state index contributed by atoms with van der Waals surface area (Å²) < 4.78 is 1.90. The van der Waals surface area contributed by atoms with Gasteiger partial charge in [0.15, 0.2) is 5.16 Å². The highest BCUT2D eigenvalue weighted by Crippen LogP contribution is 2.22. The van der Waals surface area contributed by atoms with Gasteiger partial charge in [-0.2, -0.15) is 0 Å². The van der Waals surface area contributed by atoms with Gasteiger partial charge in [-0.25, -0.2) is 0 Å². The summed E-state index contributed by atoms with van der Waals surface area (Å²) in [5, 5.41) is 11.8. The van der Waals surface area contributed by atoms with Gasteiger partial charge >= 0.3 is 0 Å². The molecule has 1 N–H and O–H groups in total. The lowest BCUT2D eigenvalue weighted by atomic mass is 10.1. The Bertz CT molecular complexity index is 949. The third-order valence-corrected chi connectivity index (χ3v) is 5.22. The van der Waals surface area contributed by atoms with Crippen LogP contribution in [-0.4, -0.2) is 26.4 Å². The molecule has 5 nitrogen and oxygen atoms in total. The summed E-state index contributed by atoms with van der Waals surface area (Å²) in [5.41, 5.74) is 6.52. The fraction of sp³-hybridized carbons (Fsp3) is 0.250. The van der Waals surface area contributed by atoms with E-state index in [-0.39, 0.29) is 11.7 Å². The maximum absolute atomic E-state index is 12.3. The lowest BCUT2D eigenvalue weighted by molar-refractivity contribution is -0.113. The number of amides is 1. The number of aromatic nitrogens is 3. The molecule has 0 aliphatic heterocycles. The minimum Gasteiger partial charge on any atom is -0.325 e. The van der Waals surface area contributed by atoms with Crippen LogP contribution in [-0.2, 0) is 4.79 Å². The van der Waals surface area contributed by atoms with Crippen LogP contribution in [0.15, 0.2) is 47.9 Å². The van der Waals surface area contributed by atoms with Crippen LogP contribution in [0.4, 0.5) is 5.69 Å². The zero-order valence-corrected chi connectivity index (χ0v) is 16.2. The molecule has 3 rings (SSSR count). The van der Waals surface area contributed by atoms with E-state index in [0.717, 1.165) is 16.9 Å². The van der Waals surface area contributed by atoms with Crippen molar-refractivity contribution in [3.63, 3.8) is 0 Å². The summed E-state index contributed by atoms with van der Waals surface area (Å²) in [6, 6.07) is 12.2. The van der Waals surface area contributed by atoms with Gasteiger partial charge in [0.25, 0.3) is 0 Å². The predicted octanol–water partition coefficient (Wildman–Crippen LogP) is 4.23. The Morgan fingerprint density at radius 2 is 1.85 bits per heavy atom. The number of aryl methyl sites for hydroxylation is 4. The molecule has 2 aromatic carbocycles. The lowest BCUT2D eigenvalue weighted by Crippen LogP contribution is -2.15. The van der Waals surface area contributed by atoms with Crippen molar-refractivity contribution in [1.29, 1.82) is 0 Å². The zero-order valence-electron chi connectivity index (χ0n) is 15.4. The fourth-order valence-corrected chi connectivity index (χ4v) is 3.37. The van der Waals surface area contributed by atoms with Crippen molar-refractivity contribution < 1.29 is 4.79 Å². The molecule has 3 aromatic rings. The summed E-state index contributed by atoms with van der Waals surface area (Å²) in [6.45, 7) is 8.19. The molecular formula is C20H22N4OS. The molecule has 0 saturated carbocycles. The number of nitrogens with zero attached hydrogens (tertiary/aromatic N) is 3. The first-order chi connectivity index (χ1) is 12.4. The smallest absolute Gasteiger partial charge is 0.234 e. The highest BCUT2D eigenvalue weighted by Gasteiger charge is 2.11. The van der Waals surface area contributed by atoms with Crippen LogP contribution in [0, 0.1) is 27.7 Å². The molecule has 1 heterocycles. The van der Waals surface area contributed by atoms with Crippen LogP contribution in [0.5, 0.6) is 0 Å². The molecule has 0 radical (unpaired) electrons. The largest absolute Gasteiger partial charge is 0.325 e. The van der Waals surface area contributed by atoms with Crippen molar-refractivity contribution in [1.82, 2.24) is 14.8 Å². The van der Waals surface area contributed by atoms with Crippen molar-refractivity contribution in [3.8, 4) is 5.69 Å². The van der Waals surface area contributed by atoms with Gasteiger partial charge in [0.1, 0.15) is 6.33 Å². The number of carbonyl (C=O) groups is 1. The van der Waals surface area contributed by atoms with E-state index in [0.29, 0.717) is 5.16 Å². The number of hydrogen-bond acceptors (Lipinski definition) is 4. The third-order valence-electron chi connectivity index (χ3n) is 4.27. The Hall–Kier alpha value is -2.60. The van der Waals surface area contributed by atoms with E-state index >= 15 is 0 Å². The Balaban J connectivity index is 1.68. The summed E-state index contributed by atoms with van der Waals surface area (Å²) in [4.78, 5) is 12.3. The van der Waals surface area contributed by atoms with Gasteiger partial charge in [-0.3, -0.25) is 9.36 Å². The molecule has 1 aromatic heterocycles. The van der Waals surface area contributed by atoms with Crippen LogP contribution in [0.1, 0.15) is 22.3 Å². The van der Waals surface area contributed by atoms with E-state index in [9.17, 15) is 4.79 Å². The summed E-state index contributed by atoms with van der Waals surface area (Å²) in [7, 11) is 0. The summed E-state index contributed by atoms with van der Waals surface area (Å²) in [5.74, 6) is 0.216. The molecular weight excluding hydrogens is 344 g/mol. The first kappa shape index (κ1) is 18.2. The van der Waals surface area contributed by atoms with Gasteiger partial charge in [-0.05, 0) is 62.6 Å². The van der Waals surface area contributed by atoms with E-state index < -0.39 is 0 Å². The van der Waals surface area contributed by atoms with Gasteiger partial charge in [-0.15, -0.1) is 10.2 Å². The summed E-state index contributed by atoms with van der Waals surface area (Å²) >= 11 is 1.37. The average Bonchev–Trinajstić information content (AvgIpc) is 3.06. The Morgan fingerprint density at radius 3 is 2.58 bits per heavy atom. The van der Waals surface area contributed by atoms with E-state index in [4.69, 9.17) is 0 Å². The maximum Gasteiger partial charge on any atom is 0.234 e. The SMILES string of the molecule is Cc1ccc(NC(=O)CSc2nncn2-c2ccc(C)c(C)c2)c(C)c1. The first-order valence-corrected chi connectivity index (χ1v) is 9.40. The maximum atomic E-state index is 12.3. The van der Waals surface area contributed by atoms with Crippen molar-refractivity contribution in [3.05, 3.63) is 65.0 Å². The molecule has 6 heteroatoms. The van der Waals surface area contributed by atoms with Gasteiger partial charge < -0.3 is 5.32 Å². The third kappa shape index (κ3) is 4.14. The van der Waals surface area contributed by atoms with Gasteiger partial charge in [0.05, 0.1) is 5.75 Å². The van der Waals surface area contributed by atoms with Gasteiger partial charge in [0.2, 0.25) is 5.91 Å². The van der Waals surface area contributed by atoms with Crippen LogP contribution < -0.4 is 5.32 Å².